The van der Waals surface area contributed by atoms with E-state index in [1.807, 2.05) is 11.1 Å². The Balaban J connectivity index is 1.80. The van der Waals surface area contributed by atoms with Crippen molar-refractivity contribution >= 4 is 16.8 Å². The SMILES string of the molecule is CCc1c[nH]c2c(CN3CCN(C(C)=O)CC3)cc(F)cc12. The van der Waals surface area contributed by atoms with Gasteiger partial charge in [0.2, 0.25) is 5.91 Å². The van der Waals surface area contributed by atoms with Gasteiger partial charge in [0.15, 0.2) is 0 Å². The van der Waals surface area contributed by atoms with Crippen LogP contribution < -0.4 is 0 Å². The van der Waals surface area contributed by atoms with Gasteiger partial charge in [-0.15, -0.1) is 0 Å². The highest BCUT2D eigenvalue weighted by Gasteiger charge is 2.20. The molecular weight excluding hydrogens is 281 g/mol. The highest BCUT2D eigenvalue weighted by Crippen LogP contribution is 2.25. The van der Waals surface area contributed by atoms with Gasteiger partial charge in [-0.2, -0.15) is 0 Å². The summed E-state index contributed by atoms with van der Waals surface area (Å²) in [5.74, 6) is -0.0519. The highest BCUT2D eigenvalue weighted by molar-refractivity contribution is 5.86. The number of hydrogen-bond acceptors (Lipinski definition) is 2. The van der Waals surface area contributed by atoms with Crippen LogP contribution >= 0.6 is 0 Å². The number of nitrogens with one attached hydrogen (secondary N) is 1. The number of carbonyl (C=O) groups excluding carboxylic acids is 1. The predicted octanol–water partition coefficient (Wildman–Crippen LogP) is 2.53. The van der Waals surface area contributed by atoms with E-state index >= 15 is 0 Å². The van der Waals surface area contributed by atoms with Crippen LogP contribution in [-0.4, -0.2) is 46.9 Å². The Morgan fingerprint density at radius 1 is 1.23 bits per heavy atom. The minimum atomic E-state index is -0.181. The molecule has 0 aliphatic carbocycles. The zero-order valence-electron chi connectivity index (χ0n) is 13.2. The molecule has 22 heavy (non-hydrogen) atoms. The molecule has 3 rings (SSSR count). The zero-order valence-corrected chi connectivity index (χ0v) is 13.2. The quantitative estimate of drug-likeness (QED) is 0.946. The smallest absolute Gasteiger partial charge is 0.219 e. The Kier molecular flexibility index (Phi) is 4.16. The number of carbonyl (C=O) groups is 1. The van der Waals surface area contributed by atoms with Crippen LogP contribution in [0.5, 0.6) is 0 Å². The molecule has 0 atom stereocenters. The van der Waals surface area contributed by atoms with Gasteiger partial charge in [0.1, 0.15) is 5.82 Å². The van der Waals surface area contributed by atoms with Crippen LogP contribution in [0.2, 0.25) is 0 Å². The van der Waals surface area contributed by atoms with Crippen LogP contribution in [0.3, 0.4) is 0 Å². The average Bonchev–Trinajstić information content (AvgIpc) is 2.90. The van der Waals surface area contributed by atoms with Crippen LogP contribution in [0.4, 0.5) is 4.39 Å². The first-order chi connectivity index (χ1) is 10.6. The normalized spacial score (nSPS) is 16.4. The van der Waals surface area contributed by atoms with Gasteiger partial charge in [-0.05, 0) is 29.7 Å². The Morgan fingerprint density at radius 2 is 1.95 bits per heavy atom. The first-order valence-corrected chi connectivity index (χ1v) is 7.84. The second-order valence-electron chi connectivity index (χ2n) is 5.94. The van der Waals surface area contributed by atoms with E-state index in [1.165, 1.54) is 0 Å². The molecule has 0 spiro atoms. The molecule has 1 aliphatic rings. The summed E-state index contributed by atoms with van der Waals surface area (Å²) >= 11 is 0. The molecule has 0 unspecified atom stereocenters. The molecule has 2 aromatic rings. The van der Waals surface area contributed by atoms with E-state index in [2.05, 4.69) is 16.8 Å². The van der Waals surface area contributed by atoms with Crippen LogP contribution in [0.1, 0.15) is 25.0 Å². The average molecular weight is 303 g/mol. The number of benzene rings is 1. The first kappa shape index (κ1) is 15.0. The van der Waals surface area contributed by atoms with Gasteiger partial charge in [0.05, 0.1) is 5.52 Å². The molecule has 1 aliphatic heterocycles. The van der Waals surface area contributed by atoms with E-state index < -0.39 is 0 Å². The van der Waals surface area contributed by atoms with E-state index in [9.17, 15) is 9.18 Å². The molecule has 1 aromatic carbocycles. The lowest BCUT2D eigenvalue weighted by atomic mass is 10.1. The van der Waals surface area contributed by atoms with Gasteiger partial charge in [-0.3, -0.25) is 9.69 Å². The van der Waals surface area contributed by atoms with Crippen molar-refractivity contribution in [2.45, 2.75) is 26.8 Å². The van der Waals surface area contributed by atoms with Crippen molar-refractivity contribution < 1.29 is 9.18 Å². The number of piperazine rings is 1. The molecule has 2 heterocycles. The third kappa shape index (κ3) is 2.86. The molecule has 4 nitrogen and oxygen atoms in total. The number of halogens is 1. The van der Waals surface area contributed by atoms with Crippen LogP contribution in [0.25, 0.3) is 10.9 Å². The van der Waals surface area contributed by atoms with Gasteiger partial charge >= 0.3 is 0 Å². The number of rotatable bonds is 3. The Labute approximate surface area is 129 Å². The van der Waals surface area contributed by atoms with E-state index in [0.29, 0.717) is 6.54 Å². The maximum Gasteiger partial charge on any atom is 0.219 e. The third-order valence-corrected chi connectivity index (χ3v) is 4.51. The first-order valence-electron chi connectivity index (χ1n) is 7.84. The minimum absolute atomic E-state index is 0.129. The van der Waals surface area contributed by atoms with Gasteiger partial charge in [0.25, 0.3) is 0 Å². The highest BCUT2D eigenvalue weighted by atomic mass is 19.1. The van der Waals surface area contributed by atoms with Crippen molar-refractivity contribution in [3.05, 3.63) is 35.3 Å². The summed E-state index contributed by atoms with van der Waals surface area (Å²) < 4.78 is 13.9. The third-order valence-electron chi connectivity index (χ3n) is 4.51. The second kappa shape index (κ2) is 6.08. The lowest BCUT2D eigenvalue weighted by Crippen LogP contribution is -2.47. The molecule has 0 saturated carbocycles. The Morgan fingerprint density at radius 3 is 2.59 bits per heavy atom. The fourth-order valence-corrected chi connectivity index (χ4v) is 3.20. The molecule has 5 heteroatoms. The standard InChI is InChI=1S/C17H22FN3O/c1-3-13-10-19-17-14(8-15(18)9-16(13)17)11-20-4-6-21(7-5-20)12(2)22/h8-10,19H,3-7,11H2,1-2H3. The number of aromatic amines is 1. The van der Waals surface area contributed by atoms with E-state index in [-0.39, 0.29) is 11.7 Å². The molecule has 1 N–H and O–H groups in total. The predicted molar refractivity (Wildman–Crippen MR) is 85.2 cm³/mol. The molecule has 118 valence electrons. The molecule has 0 radical (unpaired) electrons. The summed E-state index contributed by atoms with van der Waals surface area (Å²) in [6.07, 6.45) is 2.86. The number of hydrogen-bond donors (Lipinski definition) is 1. The summed E-state index contributed by atoms with van der Waals surface area (Å²) in [7, 11) is 0. The van der Waals surface area contributed by atoms with Gasteiger partial charge < -0.3 is 9.88 Å². The molecule has 1 saturated heterocycles. The van der Waals surface area contributed by atoms with Gasteiger partial charge in [-0.25, -0.2) is 4.39 Å². The van der Waals surface area contributed by atoms with Crippen molar-refractivity contribution in [2.24, 2.45) is 0 Å². The van der Waals surface area contributed by atoms with Gasteiger partial charge in [-0.1, -0.05) is 6.92 Å². The maximum atomic E-state index is 13.9. The number of aryl methyl sites for hydroxylation is 1. The van der Waals surface area contributed by atoms with Crippen molar-refractivity contribution in [2.75, 3.05) is 26.2 Å². The molecule has 1 aromatic heterocycles. The lowest BCUT2D eigenvalue weighted by molar-refractivity contribution is -0.130. The Bertz CT molecular complexity index is 687. The molecule has 1 fully saturated rings. The fourth-order valence-electron chi connectivity index (χ4n) is 3.20. The van der Waals surface area contributed by atoms with Crippen molar-refractivity contribution in [3.63, 3.8) is 0 Å². The lowest BCUT2D eigenvalue weighted by Gasteiger charge is -2.34. The van der Waals surface area contributed by atoms with Gasteiger partial charge in [0, 0.05) is 51.2 Å². The van der Waals surface area contributed by atoms with Crippen molar-refractivity contribution in [1.29, 1.82) is 0 Å². The largest absolute Gasteiger partial charge is 0.361 e. The monoisotopic (exact) mass is 303 g/mol. The van der Waals surface area contributed by atoms with Crippen LogP contribution in [0, 0.1) is 5.82 Å². The summed E-state index contributed by atoms with van der Waals surface area (Å²) in [4.78, 5) is 18.8. The second-order valence-corrected chi connectivity index (χ2v) is 5.94. The molecule has 1 amide bonds. The summed E-state index contributed by atoms with van der Waals surface area (Å²) in [6, 6.07) is 3.23. The van der Waals surface area contributed by atoms with E-state index in [0.717, 1.165) is 54.6 Å². The van der Waals surface area contributed by atoms with Crippen LogP contribution in [0.15, 0.2) is 18.3 Å². The number of fused-ring (bicyclic) bond motifs is 1. The molecular formula is C17H22FN3O. The zero-order chi connectivity index (χ0) is 15.7. The number of amides is 1. The topological polar surface area (TPSA) is 39.3 Å². The molecule has 0 bridgehead atoms. The number of aromatic nitrogens is 1. The Hall–Kier alpha value is -1.88. The summed E-state index contributed by atoms with van der Waals surface area (Å²) in [5.41, 5.74) is 3.18. The number of H-pyrrole nitrogens is 1. The van der Waals surface area contributed by atoms with Crippen LogP contribution in [-0.2, 0) is 17.8 Å². The summed E-state index contributed by atoms with van der Waals surface area (Å²) in [6.45, 7) is 7.56. The summed E-state index contributed by atoms with van der Waals surface area (Å²) in [5, 5.41) is 0.986. The maximum absolute atomic E-state index is 13.9. The van der Waals surface area contributed by atoms with Crippen molar-refractivity contribution in [1.82, 2.24) is 14.8 Å². The van der Waals surface area contributed by atoms with Crippen molar-refractivity contribution in [3.8, 4) is 0 Å². The fraction of sp³-hybridized carbons (Fsp3) is 0.471. The minimum Gasteiger partial charge on any atom is -0.361 e. The number of nitrogens with zero attached hydrogens (tertiary/aromatic N) is 2. The van der Waals surface area contributed by atoms with E-state index in [1.54, 1.807) is 19.1 Å². The van der Waals surface area contributed by atoms with E-state index in [4.69, 9.17) is 0 Å².